The highest BCUT2D eigenvalue weighted by Gasteiger charge is 2.16. The maximum Gasteiger partial charge on any atom is 0.130 e. The number of nitrogen functional groups attached to an aromatic ring is 1. The van der Waals surface area contributed by atoms with Crippen molar-refractivity contribution < 1.29 is 0 Å². The molecule has 3 rings (SSSR count). The minimum absolute atomic E-state index is 0.628. The van der Waals surface area contributed by atoms with E-state index in [4.69, 9.17) is 17.3 Å². The van der Waals surface area contributed by atoms with Crippen LogP contribution in [0.25, 0.3) is 16.9 Å². The molecule has 0 radical (unpaired) electrons. The van der Waals surface area contributed by atoms with Gasteiger partial charge in [-0.1, -0.05) is 45.7 Å². The lowest BCUT2D eigenvalue weighted by Gasteiger charge is -2.03. The predicted octanol–water partition coefficient (Wildman–Crippen LogP) is 4.85. The minimum Gasteiger partial charge on any atom is -0.383 e. The maximum absolute atomic E-state index is 6.21. The van der Waals surface area contributed by atoms with Gasteiger partial charge in [0, 0.05) is 20.6 Å². The van der Waals surface area contributed by atoms with Crippen LogP contribution in [-0.2, 0) is 0 Å². The van der Waals surface area contributed by atoms with Crippen molar-refractivity contribution in [3.63, 3.8) is 0 Å². The largest absolute Gasteiger partial charge is 0.383 e. The second-order valence-electron chi connectivity index (χ2n) is 4.73. The first kappa shape index (κ1) is 14.2. The summed E-state index contributed by atoms with van der Waals surface area (Å²) in [6.07, 6.45) is 0. The molecule has 1 aromatic heterocycles. The summed E-state index contributed by atoms with van der Waals surface area (Å²) in [5.74, 6) is 0.628. The van der Waals surface area contributed by atoms with Gasteiger partial charge in [-0.25, -0.2) is 4.68 Å². The quantitative estimate of drug-likeness (QED) is 0.708. The summed E-state index contributed by atoms with van der Waals surface area (Å²) in [6.45, 7) is 1.96. The van der Waals surface area contributed by atoms with E-state index < -0.39 is 0 Å². The number of nitrogens with two attached hydrogens (primary N) is 1. The Morgan fingerprint density at radius 2 is 1.86 bits per heavy atom. The van der Waals surface area contributed by atoms with Crippen LogP contribution in [0.1, 0.15) is 5.56 Å². The van der Waals surface area contributed by atoms with Crippen LogP contribution >= 0.6 is 27.5 Å². The summed E-state index contributed by atoms with van der Waals surface area (Å²) in [5, 5.41) is 5.32. The Morgan fingerprint density at radius 1 is 1.14 bits per heavy atom. The van der Waals surface area contributed by atoms with E-state index in [1.54, 1.807) is 4.68 Å². The first-order valence-electron chi connectivity index (χ1n) is 6.44. The Hall–Kier alpha value is -1.78. The monoisotopic (exact) mass is 361 g/mol. The number of nitrogens with zero attached hydrogens (tertiary/aromatic N) is 2. The van der Waals surface area contributed by atoms with E-state index in [1.165, 1.54) is 0 Å². The lowest BCUT2D eigenvalue weighted by Crippen LogP contribution is -2.01. The fourth-order valence-electron chi connectivity index (χ4n) is 2.21. The van der Waals surface area contributed by atoms with E-state index in [-0.39, 0.29) is 0 Å². The minimum atomic E-state index is 0.628. The standard InChI is InChI=1S/C16H13BrClN3/c1-10-15(13-9-11(18)7-8-14(13)17)20-21(16(10)19)12-5-3-2-4-6-12/h2-9H,19H2,1H3. The molecule has 0 saturated carbocycles. The molecule has 0 aliphatic carbocycles. The normalized spacial score (nSPS) is 10.8. The molecule has 2 aromatic carbocycles. The van der Waals surface area contributed by atoms with Crippen molar-refractivity contribution >= 4 is 33.3 Å². The highest BCUT2D eigenvalue weighted by atomic mass is 79.9. The second-order valence-corrected chi connectivity index (χ2v) is 6.02. The van der Waals surface area contributed by atoms with Gasteiger partial charge in [-0.3, -0.25) is 0 Å². The lowest BCUT2D eigenvalue weighted by molar-refractivity contribution is 0.895. The number of hydrogen-bond donors (Lipinski definition) is 1. The molecule has 3 nitrogen and oxygen atoms in total. The zero-order valence-electron chi connectivity index (χ0n) is 11.3. The number of hydrogen-bond acceptors (Lipinski definition) is 2. The molecule has 0 saturated heterocycles. The molecule has 0 bridgehead atoms. The number of rotatable bonds is 2. The molecule has 0 spiro atoms. The molecule has 0 aliphatic rings. The Labute approximate surface area is 136 Å². The van der Waals surface area contributed by atoms with Crippen LogP contribution < -0.4 is 5.73 Å². The molecule has 0 aliphatic heterocycles. The summed E-state index contributed by atoms with van der Waals surface area (Å²) in [6, 6.07) is 15.5. The number of halogens is 2. The van der Waals surface area contributed by atoms with E-state index in [9.17, 15) is 0 Å². The average Bonchev–Trinajstić information content (AvgIpc) is 2.79. The third-order valence-electron chi connectivity index (χ3n) is 3.35. The van der Waals surface area contributed by atoms with Gasteiger partial charge >= 0.3 is 0 Å². The van der Waals surface area contributed by atoms with Crippen LogP contribution in [-0.4, -0.2) is 9.78 Å². The first-order chi connectivity index (χ1) is 10.1. The van der Waals surface area contributed by atoms with Crippen molar-refractivity contribution in [2.24, 2.45) is 0 Å². The number of benzene rings is 2. The summed E-state index contributed by atoms with van der Waals surface area (Å²) >= 11 is 9.64. The molecular weight excluding hydrogens is 350 g/mol. The fourth-order valence-corrected chi connectivity index (χ4v) is 2.82. The summed E-state index contributed by atoms with van der Waals surface area (Å²) < 4.78 is 2.69. The zero-order valence-corrected chi connectivity index (χ0v) is 13.7. The van der Waals surface area contributed by atoms with Gasteiger partial charge in [0.15, 0.2) is 0 Å². The van der Waals surface area contributed by atoms with Crippen molar-refractivity contribution in [3.8, 4) is 16.9 Å². The molecular formula is C16H13BrClN3. The summed E-state index contributed by atoms with van der Waals surface area (Å²) in [7, 11) is 0. The predicted molar refractivity (Wildman–Crippen MR) is 90.9 cm³/mol. The summed E-state index contributed by atoms with van der Waals surface area (Å²) in [4.78, 5) is 0. The van der Waals surface area contributed by atoms with Crippen LogP contribution in [0.2, 0.25) is 5.02 Å². The smallest absolute Gasteiger partial charge is 0.130 e. The Kier molecular flexibility index (Phi) is 3.74. The van der Waals surface area contributed by atoms with E-state index in [0.717, 1.165) is 27.0 Å². The van der Waals surface area contributed by atoms with Crippen molar-refractivity contribution in [1.29, 1.82) is 0 Å². The van der Waals surface area contributed by atoms with Crippen LogP contribution in [0, 0.1) is 6.92 Å². The average molecular weight is 363 g/mol. The SMILES string of the molecule is Cc1c(-c2cc(Cl)ccc2Br)nn(-c2ccccc2)c1N. The third kappa shape index (κ3) is 2.57. The number of anilines is 1. The number of para-hydroxylation sites is 1. The van der Waals surface area contributed by atoms with Crippen LogP contribution in [0.5, 0.6) is 0 Å². The van der Waals surface area contributed by atoms with E-state index >= 15 is 0 Å². The molecule has 21 heavy (non-hydrogen) atoms. The second kappa shape index (κ2) is 5.54. The van der Waals surface area contributed by atoms with Crippen molar-refractivity contribution in [1.82, 2.24) is 9.78 Å². The van der Waals surface area contributed by atoms with Gasteiger partial charge in [0.05, 0.1) is 11.4 Å². The lowest BCUT2D eigenvalue weighted by atomic mass is 10.1. The van der Waals surface area contributed by atoms with Crippen LogP contribution in [0.15, 0.2) is 53.0 Å². The van der Waals surface area contributed by atoms with E-state index in [2.05, 4.69) is 21.0 Å². The molecule has 0 atom stereocenters. The molecule has 3 aromatic rings. The third-order valence-corrected chi connectivity index (χ3v) is 4.28. The molecule has 0 fully saturated rings. The van der Waals surface area contributed by atoms with Crippen molar-refractivity contribution in [3.05, 3.63) is 63.6 Å². The Bertz CT molecular complexity index is 797. The van der Waals surface area contributed by atoms with Crippen molar-refractivity contribution in [2.75, 3.05) is 5.73 Å². The van der Waals surface area contributed by atoms with Gasteiger partial charge in [-0.05, 0) is 37.3 Å². The summed E-state index contributed by atoms with van der Waals surface area (Å²) in [5.41, 5.74) is 9.83. The van der Waals surface area contributed by atoms with E-state index in [1.807, 2.05) is 55.5 Å². The Balaban J connectivity index is 2.20. The molecule has 5 heteroatoms. The fraction of sp³-hybridized carbons (Fsp3) is 0.0625. The van der Waals surface area contributed by atoms with Gasteiger partial charge in [0.1, 0.15) is 5.82 Å². The van der Waals surface area contributed by atoms with Gasteiger partial charge in [-0.2, -0.15) is 5.10 Å². The molecule has 0 amide bonds. The topological polar surface area (TPSA) is 43.8 Å². The van der Waals surface area contributed by atoms with Crippen molar-refractivity contribution in [2.45, 2.75) is 6.92 Å². The Morgan fingerprint density at radius 3 is 2.57 bits per heavy atom. The molecule has 2 N–H and O–H groups in total. The van der Waals surface area contributed by atoms with Gasteiger partial charge in [0.2, 0.25) is 0 Å². The highest BCUT2D eigenvalue weighted by molar-refractivity contribution is 9.10. The first-order valence-corrected chi connectivity index (χ1v) is 7.61. The molecule has 1 heterocycles. The molecule has 106 valence electrons. The van der Waals surface area contributed by atoms with Gasteiger partial charge in [-0.15, -0.1) is 0 Å². The van der Waals surface area contributed by atoms with Gasteiger partial charge < -0.3 is 5.73 Å². The number of aromatic nitrogens is 2. The maximum atomic E-state index is 6.21. The molecule has 0 unspecified atom stereocenters. The zero-order chi connectivity index (χ0) is 15.0. The van der Waals surface area contributed by atoms with Crippen LogP contribution in [0.3, 0.4) is 0 Å². The van der Waals surface area contributed by atoms with Gasteiger partial charge in [0.25, 0.3) is 0 Å². The van der Waals surface area contributed by atoms with E-state index in [0.29, 0.717) is 10.8 Å². The van der Waals surface area contributed by atoms with Crippen LogP contribution in [0.4, 0.5) is 5.82 Å². The highest BCUT2D eigenvalue weighted by Crippen LogP contribution is 2.34.